The number of hydrogen-bond acceptors (Lipinski definition) is 2. The van der Waals surface area contributed by atoms with E-state index >= 15 is 0 Å². The number of hydrogen-bond donors (Lipinski definition) is 0. The molecule has 66 valence electrons. The van der Waals surface area contributed by atoms with E-state index in [1.54, 1.807) is 0 Å². The molecule has 3 heteroatoms. The van der Waals surface area contributed by atoms with Crippen molar-refractivity contribution in [2.45, 2.75) is 43.6 Å². The van der Waals surface area contributed by atoms with Gasteiger partial charge in [0.05, 0.1) is 0 Å². The summed E-state index contributed by atoms with van der Waals surface area (Å²) in [6.45, 7) is 2.27. The Labute approximate surface area is 97.2 Å². The van der Waals surface area contributed by atoms with Crippen molar-refractivity contribution >= 4 is 23.5 Å². The van der Waals surface area contributed by atoms with Gasteiger partial charge in [0.25, 0.3) is 0 Å². The van der Waals surface area contributed by atoms with Crippen molar-refractivity contribution in [2.75, 3.05) is 5.75 Å². The van der Waals surface area contributed by atoms with E-state index in [1.807, 2.05) is 11.8 Å². The summed E-state index contributed by atoms with van der Waals surface area (Å²) < 4.78 is 0.895. The maximum absolute atomic E-state index is 2.34. The minimum absolute atomic E-state index is 0. The molecule has 1 heterocycles. The van der Waals surface area contributed by atoms with Gasteiger partial charge in [-0.15, -0.1) is 5.75 Å². The van der Waals surface area contributed by atoms with Gasteiger partial charge in [-0.1, -0.05) is 32.6 Å². The minimum Gasteiger partial charge on any atom is -0.337 e. The first-order chi connectivity index (χ1) is 5.43. The maximum Gasteiger partial charge on any atom is 1.00 e. The Balaban J connectivity index is 0.00000121. The summed E-state index contributed by atoms with van der Waals surface area (Å²) in [6, 6.07) is 0. The summed E-state index contributed by atoms with van der Waals surface area (Å²) >= 11 is 4.15. The van der Waals surface area contributed by atoms with Crippen LogP contribution in [0.3, 0.4) is 0 Å². The van der Waals surface area contributed by atoms with Crippen molar-refractivity contribution in [3.63, 3.8) is 0 Å². The third kappa shape index (κ3) is 5.86. The number of thioether (sulfide) groups is 2. The molecule has 12 heavy (non-hydrogen) atoms. The molecule has 1 unspecified atom stereocenters. The van der Waals surface area contributed by atoms with Crippen LogP contribution in [0.25, 0.3) is 0 Å². The van der Waals surface area contributed by atoms with Crippen LogP contribution >= 0.6 is 23.5 Å². The molecule has 0 aromatic heterocycles. The fourth-order valence-corrected chi connectivity index (χ4v) is 3.70. The molecule has 1 fully saturated rings. The summed E-state index contributed by atoms with van der Waals surface area (Å²) in [6.07, 6.45) is 7.08. The average molecular weight is 196 g/mol. The molecule has 0 aromatic carbocycles. The van der Waals surface area contributed by atoms with Crippen LogP contribution in [0.2, 0.25) is 0 Å². The maximum atomic E-state index is 2.34. The van der Waals surface area contributed by atoms with E-state index in [4.69, 9.17) is 0 Å². The van der Waals surface area contributed by atoms with E-state index in [1.165, 1.54) is 37.9 Å². The molecular weight excluding hydrogens is 179 g/mol. The Hall–Kier alpha value is 1.30. The van der Waals surface area contributed by atoms with Gasteiger partial charge in [0, 0.05) is 4.58 Å². The molecule has 1 rings (SSSR count). The van der Waals surface area contributed by atoms with Gasteiger partial charge in [0.1, 0.15) is 0 Å². The molecule has 0 radical (unpaired) electrons. The van der Waals surface area contributed by atoms with Gasteiger partial charge in [-0.2, -0.15) is 11.8 Å². The van der Waals surface area contributed by atoms with Gasteiger partial charge in [-0.25, -0.2) is 0 Å². The number of unbranched alkanes of at least 4 members (excludes halogenated alkanes) is 3. The molecule has 0 amide bonds. The molecule has 1 aliphatic rings. The third-order valence-corrected chi connectivity index (χ3v) is 4.71. The summed E-state index contributed by atoms with van der Waals surface area (Å²) in [7, 11) is 0. The minimum atomic E-state index is 0. The van der Waals surface area contributed by atoms with E-state index < -0.39 is 0 Å². The smallest absolute Gasteiger partial charge is 0.337 e. The second-order valence-corrected chi connectivity index (χ2v) is 5.62. The monoisotopic (exact) mass is 196 g/mol. The first-order valence-corrected chi connectivity index (χ1v) is 6.51. The molecular formula is C9H17LiS2. The van der Waals surface area contributed by atoms with Crippen LogP contribution in [0.15, 0.2) is 0 Å². The van der Waals surface area contributed by atoms with E-state index in [0.717, 1.165) is 4.58 Å². The van der Waals surface area contributed by atoms with Crippen molar-refractivity contribution in [3.05, 3.63) is 5.75 Å². The van der Waals surface area contributed by atoms with E-state index in [2.05, 4.69) is 24.4 Å². The number of rotatable bonds is 5. The first-order valence-electron chi connectivity index (χ1n) is 4.52. The van der Waals surface area contributed by atoms with Crippen LogP contribution in [0.1, 0.15) is 39.0 Å². The normalized spacial score (nSPS) is 22.2. The van der Waals surface area contributed by atoms with E-state index in [-0.39, 0.29) is 18.9 Å². The molecule has 1 saturated heterocycles. The van der Waals surface area contributed by atoms with Crippen molar-refractivity contribution in [3.8, 4) is 0 Å². The molecule has 0 bridgehead atoms. The molecule has 0 saturated carbocycles. The molecule has 0 spiro atoms. The van der Waals surface area contributed by atoms with Gasteiger partial charge in [0.15, 0.2) is 0 Å². The molecule has 0 nitrogen and oxygen atoms in total. The fourth-order valence-electron chi connectivity index (χ4n) is 1.22. The zero-order valence-corrected chi connectivity index (χ0v) is 9.85. The summed E-state index contributed by atoms with van der Waals surface area (Å²) in [5.41, 5.74) is 0. The standard InChI is InChI=1S/C9H17S2.Li/c1-2-3-4-5-6-9-10-7-8-11-9;/h7,9H,2-6,8H2,1H3;/q-1;+1. The van der Waals surface area contributed by atoms with Crippen LogP contribution in [0.4, 0.5) is 0 Å². The molecule has 1 atom stereocenters. The molecule has 0 aliphatic carbocycles. The molecule has 0 aromatic rings. The summed E-state index contributed by atoms with van der Waals surface area (Å²) in [5, 5.41) is 0. The second-order valence-electron chi connectivity index (χ2n) is 2.91. The average Bonchev–Trinajstić information content (AvgIpc) is 2.50. The van der Waals surface area contributed by atoms with Crippen molar-refractivity contribution in [1.82, 2.24) is 0 Å². The van der Waals surface area contributed by atoms with Crippen LogP contribution < -0.4 is 18.9 Å². The van der Waals surface area contributed by atoms with Gasteiger partial charge in [-0.05, 0) is 6.42 Å². The van der Waals surface area contributed by atoms with Gasteiger partial charge < -0.3 is 11.8 Å². The Morgan fingerprint density at radius 1 is 1.33 bits per heavy atom. The zero-order valence-electron chi connectivity index (χ0n) is 8.21. The predicted octanol–water partition coefficient (Wildman–Crippen LogP) is 0.929. The molecule has 1 aliphatic heterocycles. The Morgan fingerprint density at radius 2 is 2.17 bits per heavy atom. The second kappa shape index (κ2) is 8.88. The van der Waals surface area contributed by atoms with Crippen molar-refractivity contribution in [2.24, 2.45) is 0 Å². The van der Waals surface area contributed by atoms with Gasteiger partial charge in [-0.3, -0.25) is 5.75 Å². The largest absolute Gasteiger partial charge is 1.00 e. The predicted molar refractivity (Wildman–Crippen MR) is 56.9 cm³/mol. The quantitative estimate of drug-likeness (QED) is 0.364. The summed E-state index contributed by atoms with van der Waals surface area (Å²) in [5.74, 6) is 3.61. The first kappa shape index (κ1) is 13.3. The fraction of sp³-hybridized carbons (Fsp3) is 0.889. The van der Waals surface area contributed by atoms with Gasteiger partial charge in [0.2, 0.25) is 0 Å². The van der Waals surface area contributed by atoms with E-state index in [9.17, 15) is 0 Å². The van der Waals surface area contributed by atoms with Crippen LogP contribution in [-0.4, -0.2) is 10.3 Å². The van der Waals surface area contributed by atoms with Crippen LogP contribution in [0, 0.1) is 5.75 Å². The Morgan fingerprint density at radius 3 is 2.75 bits per heavy atom. The van der Waals surface area contributed by atoms with E-state index in [0.29, 0.717) is 0 Å². The SMILES string of the molecule is CCCCCCC1S[CH-]CS1.[Li+]. The Bertz CT molecular complexity index is 92.5. The topological polar surface area (TPSA) is 0 Å². The molecule has 0 N–H and O–H groups in total. The van der Waals surface area contributed by atoms with Crippen LogP contribution in [-0.2, 0) is 0 Å². The summed E-state index contributed by atoms with van der Waals surface area (Å²) in [4.78, 5) is 0. The third-order valence-electron chi connectivity index (χ3n) is 1.89. The zero-order chi connectivity index (χ0) is 7.94. The van der Waals surface area contributed by atoms with Crippen LogP contribution in [0.5, 0.6) is 0 Å². The van der Waals surface area contributed by atoms with Gasteiger partial charge >= 0.3 is 18.9 Å². The Kier molecular flexibility index (Phi) is 9.84. The van der Waals surface area contributed by atoms with Crippen molar-refractivity contribution in [1.29, 1.82) is 0 Å². The van der Waals surface area contributed by atoms with Crippen molar-refractivity contribution < 1.29 is 18.9 Å².